The number of aliphatic hydroxyl groups excluding tert-OH is 2. The number of rotatable bonds is 6. The van der Waals surface area contributed by atoms with Crippen molar-refractivity contribution in [3.8, 4) is 0 Å². The van der Waals surface area contributed by atoms with Crippen molar-refractivity contribution in [2.45, 2.75) is 44.4 Å². The van der Waals surface area contributed by atoms with Gasteiger partial charge < -0.3 is 15.5 Å². The fraction of sp³-hybridized carbons (Fsp3) is 0.471. The summed E-state index contributed by atoms with van der Waals surface area (Å²) in [5, 5.41) is 24.0. The van der Waals surface area contributed by atoms with Gasteiger partial charge in [0.15, 0.2) is 0 Å². The monoisotopic (exact) mass is 304 g/mol. The van der Waals surface area contributed by atoms with Gasteiger partial charge in [-0.2, -0.15) is 0 Å². The first-order valence-electron chi connectivity index (χ1n) is 7.78. The van der Waals surface area contributed by atoms with Crippen LogP contribution in [0.5, 0.6) is 0 Å². The summed E-state index contributed by atoms with van der Waals surface area (Å²) in [5.74, 6) is -0.322. The van der Waals surface area contributed by atoms with Gasteiger partial charge >= 0.3 is 0 Å². The number of aliphatic hydroxyl groups is 2. The Balaban J connectivity index is 1.98. The van der Waals surface area contributed by atoms with E-state index in [0.717, 1.165) is 23.6 Å². The molecule has 0 radical (unpaired) electrons. The molecule has 0 spiro atoms. The molecule has 1 aromatic heterocycles. The van der Waals surface area contributed by atoms with Crippen molar-refractivity contribution in [1.29, 1.82) is 0 Å². The number of halogens is 1. The van der Waals surface area contributed by atoms with Crippen LogP contribution < -0.4 is 5.32 Å². The predicted molar refractivity (Wildman–Crippen MR) is 82.8 cm³/mol. The molecule has 1 aliphatic carbocycles. The summed E-state index contributed by atoms with van der Waals surface area (Å²) in [6.07, 6.45) is 6.11. The molecule has 0 bridgehead atoms. The van der Waals surface area contributed by atoms with E-state index >= 15 is 0 Å². The van der Waals surface area contributed by atoms with Crippen LogP contribution in [0.1, 0.15) is 42.9 Å². The smallest absolute Gasteiger partial charge is 0.128 e. The Morgan fingerprint density at radius 3 is 2.86 bits per heavy atom. The summed E-state index contributed by atoms with van der Waals surface area (Å²) in [4.78, 5) is 4.09. The highest BCUT2D eigenvalue weighted by Gasteiger charge is 2.20. The highest BCUT2D eigenvalue weighted by atomic mass is 19.1. The average molecular weight is 304 g/mol. The second kappa shape index (κ2) is 6.69. The third-order valence-electron chi connectivity index (χ3n) is 4.46. The number of hydrogen-bond donors (Lipinski definition) is 3. The molecule has 2 aromatic rings. The quantitative estimate of drug-likeness (QED) is 0.767. The lowest BCUT2D eigenvalue weighted by molar-refractivity contribution is 0.135. The van der Waals surface area contributed by atoms with Crippen molar-refractivity contribution in [3.63, 3.8) is 0 Å². The standard InChI is InChI=1S/C17H21FN2O2/c18-16-8-13(17(22)5-7-21)14-9-19-6-4-12(14)15(16)10-20-11-2-1-3-11/h4,6,8-9,11,17,20-22H,1-3,5,7,10H2. The summed E-state index contributed by atoms with van der Waals surface area (Å²) in [6, 6.07) is 3.64. The summed E-state index contributed by atoms with van der Waals surface area (Å²) >= 11 is 0. The van der Waals surface area contributed by atoms with Gasteiger partial charge in [-0.1, -0.05) is 6.42 Å². The van der Waals surface area contributed by atoms with E-state index in [1.807, 2.05) is 0 Å². The van der Waals surface area contributed by atoms with Crippen LogP contribution in [-0.4, -0.2) is 27.8 Å². The number of benzene rings is 1. The number of hydrogen-bond acceptors (Lipinski definition) is 4. The third-order valence-corrected chi connectivity index (χ3v) is 4.46. The number of nitrogens with zero attached hydrogens (tertiary/aromatic N) is 1. The molecule has 5 heteroatoms. The Hall–Kier alpha value is -1.56. The Morgan fingerprint density at radius 2 is 2.18 bits per heavy atom. The first-order valence-corrected chi connectivity index (χ1v) is 7.78. The number of fused-ring (bicyclic) bond motifs is 1. The van der Waals surface area contributed by atoms with Crippen molar-refractivity contribution in [3.05, 3.63) is 41.5 Å². The molecule has 3 N–H and O–H groups in total. The Kier molecular flexibility index (Phi) is 4.66. The molecule has 0 aliphatic heterocycles. The van der Waals surface area contributed by atoms with Gasteiger partial charge in [0, 0.05) is 49.0 Å². The van der Waals surface area contributed by atoms with E-state index in [1.165, 1.54) is 12.5 Å². The van der Waals surface area contributed by atoms with Gasteiger partial charge in [0.25, 0.3) is 0 Å². The Labute approximate surface area is 129 Å². The second-order valence-electron chi connectivity index (χ2n) is 5.88. The van der Waals surface area contributed by atoms with Crippen molar-refractivity contribution in [1.82, 2.24) is 10.3 Å². The van der Waals surface area contributed by atoms with Crippen molar-refractivity contribution >= 4 is 10.8 Å². The molecule has 4 nitrogen and oxygen atoms in total. The van der Waals surface area contributed by atoms with Crippen LogP contribution in [-0.2, 0) is 6.54 Å². The van der Waals surface area contributed by atoms with Gasteiger partial charge in [0.1, 0.15) is 5.82 Å². The van der Waals surface area contributed by atoms with E-state index in [0.29, 0.717) is 23.7 Å². The maximum absolute atomic E-state index is 14.5. The molecule has 1 saturated carbocycles. The Morgan fingerprint density at radius 1 is 1.36 bits per heavy atom. The second-order valence-corrected chi connectivity index (χ2v) is 5.88. The SMILES string of the molecule is OCCC(O)c1cc(F)c(CNC2CCC2)c2ccncc12. The first kappa shape index (κ1) is 15.3. The van der Waals surface area contributed by atoms with E-state index < -0.39 is 6.10 Å². The van der Waals surface area contributed by atoms with Crippen LogP contribution in [0.2, 0.25) is 0 Å². The minimum Gasteiger partial charge on any atom is -0.396 e. The van der Waals surface area contributed by atoms with Gasteiger partial charge in [-0.05, 0) is 35.9 Å². The summed E-state index contributed by atoms with van der Waals surface area (Å²) < 4.78 is 14.5. The van der Waals surface area contributed by atoms with Gasteiger partial charge in [0.05, 0.1) is 6.10 Å². The van der Waals surface area contributed by atoms with Crippen molar-refractivity contribution in [2.75, 3.05) is 6.61 Å². The van der Waals surface area contributed by atoms with Gasteiger partial charge in [-0.3, -0.25) is 4.98 Å². The fourth-order valence-corrected chi connectivity index (χ4v) is 2.91. The molecule has 1 atom stereocenters. The van der Waals surface area contributed by atoms with Crippen LogP contribution in [0.3, 0.4) is 0 Å². The first-order chi connectivity index (χ1) is 10.7. The maximum atomic E-state index is 14.5. The zero-order valence-corrected chi connectivity index (χ0v) is 12.4. The van der Waals surface area contributed by atoms with Gasteiger partial charge in [-0.25, -0.2) is 4.39 Å². The lowest BCUT2D eigenvalue weighted by Crippen LogP contribution is -2.34. The maximum Gasteiger partial charge on any atom is 0.128 e. The number of pyridine rings is 1. The molecule has 0 saturated heterocycles. The van der Waals surface area contributed by atoms with Gasteiger partial charge in [0.2, 0.25) is 0 Å². The molecule has 1 aromatic carbocycles. The molecular weight excluding hydrogens is 283 g/mol. The van der Waals surface area contributed by atoms with Crippen LogP contribution in [0, 0.1) is 5.82 Å². The van der Waals surface area contributed by atoms with E-state index in [1.54, 1.807) is 18.5 Å². The fourth-order valence-electron chi connectivity index (χ4n) is 2.91. The number of aromatic nitrogens is 1. The Bertz CT molecular complexity index is 658. The van der Waals surface area contributed by atoms with Crippen LogP contribution in [0.4, 0.5) is 4.39 Å². The van der Waals surface area contributed by atoms with E-state index in [4.69, 9.17) is 5.11 Å². The van der Waals surface area contributed by atoms with Crippen LogP contribution in [0.15, 0.2) is 24.5 Å². The highest BCUT2D eigenvalue weighted by molar-refractivity contribution is 5.88. The third kappa shape index (κ3) is 2.97. The average Bonchev–Trinajstić information content (AvgIpc) is 2.47. The molecular formula is C17H21FN2O2. The van der Waals surface area contributed by atoms with Crippen molar-refractivity contribution in [2.24, 2.45) is 0 Å². The predicted octanol–water partition coefficient (Wildman–Crippen LogP) is 2.43. The minimum absolute atomic E-state index is 0.143. The van der Waals surface area contributed by atoms with Crippen molar-refractivity contribution < 1.29 is 14.6 Å². The number of nitrogens with one attached hydrogen (secondary N) is 1. The zero-order chi connectivity index (χ0) is 15.5. The molecule has 0 amide bonds. The lowest BCUT2D eigenvalue weighted by atomic mass is 9.92. The summed E-state index contributed by atoms with van der Waals surface area (Å²) in [6.45, 7) is 0.336. The summed E-state index contributed by atoms with van der Waals surface area (Å²) in [5.41, 5.74) is 1.10. The van der Waals surface area contributed by atoms with Crippen LogP contribution in [0.25, 0.3) is 10.8 Å². The topological polar surface area (TPSA) is 65.4 Å². The largest absolute Gasteiger partial charge is 0.396 e. The zero-order valence-electron chi connectivity index (χ0n) is 12.4. The summed E-state index contributed by atoms with van der Waals surface area (Å²) in [7, 11) is 0. The minimum atomic E-state index is -0.889. The molecule has 3 rings (SSSR count). The molecule has 1 unspecified atom stereocenters. The lowest BCUT2D eigenvalue weighted by Gasteiger charge is -2.27. The molecule has 1 aliphatic rings. The van der Waals surface area contributed by atoms with Crippen LogP contribution >= 0.6 is 0 Å². The molecule has 1 heterocycles. The van der Waals surface area contributed by atoms with E-state index in [-0.39, 0.29) is 18.8 Å². The van der Waals surface area contributed by atoms with E-state index in [9.17, 15) is 9.50 Å². The molecule has 22 heavy (non-hydrogen) atoms. The normalized spacial score (nSPS) is 16.7. The molecule has 118 valence electrons. The molecule has 1 fully saturated rings. The van der Waals surface area contributed by atoms with Gasteiger partial charge in [-0.15, -0.1) is 0 Å². The highest BCUT2D eigenvalue weighted by Crippen LogP contribution is 2.30. The van der Waals surface area contributed by atoms with E-state index in [2.05, 4.69) is 10.3 Å².